The van der Waals surface area contributed by atoms with Crippen molar-refractivity contribution in [3.8, 4) is 0 Å². The summed E-state index contributed by atoms with van der Waals surface area (Å²) in [6, 6.07) is 11.4. The second-order valence-electron chi connectivity index (χ2n) is 8.04. The number of hydrogen-bond acceptors (Lipinski definition) is 4. The molecule has 3 saturated heterocycles. The molecule has 3 heterocycles. The van der Waals surface area contributed by atoms with Crippen LogP contribution in [0.15, 0.2) is 30.3 Å². The number of nitrogens with zero attached hydrogens (tertiary/aromatic N) is 3. The molecule has 1 aromatic carbocycles. The summed E-state index contributed by atoms with van der Waals surface area (Å²) in [6.07, 6.45) is 4.26. The summed E-state index contributed by atoms with van der Waals surface area (Å²) >= 11 is 0. The number of benzene rings is 1. The van der Waals surface area contributed by atoms with Crippen LogP contribution >= 0.6 is 0 Å². The number of anilines is 1. The first kappa shape index (κ1) is 17.8. The second-order valence-corrected chi connectivity index (χ2v) is 8.04. The molecule has 142 valence electrons. The molecule has 4 rings (SSSR count). The van der Waals surface area contributed by atoms with E-state index in [-0.39, 0.29) is 11.5 Å². The van der Waals surface area contributed by atoms with Crippen LogP contribution in [0.5, 0.6) is 0 Å². The summed E-state index contributed by atoms with van der Waals surface area (Å²) in [5.74, 6) is 0.198. The third-order valence-corrected chi connectivity index (χ3v) is 6.54. The van der Waals surface area contributed by atoms with Gasteiger partial charge in [0.15, 0.2) is 0 Å². The van der Waals surface area contributed by atoms with Gasteiger partial charge in [-0.3, -0.25) is 9.69 Å². The van der Waals surface area contributed by atoms with Crippen molar-refractivity contribution in [3.63, 3.8) is 0 Å². The van der Waals surface area contributed by atoms with Crippen molar-refractivity contribution in [2.24, 2.45) is 0 Å². The van der Waals surface area contributed by atoms with Crippen LogP contribution < -0.4 is 4.90 Å². The zero-order valence-corrected chi connectivity index (χ0v) is 15.9. The van der Waals surface area contributed by atoms with Gasteiger partial charge in [0.1, 0.15) is 0 Å². The molecule has 3 aliphatic heterocycles. The van der Waals surface area contributed by atoms with Gasteiger partial charge in [-0.05, 0) is 37.8 Å². The monoisotopic (exact) mass is 357 g/mol. The maximum Gasteiger partial charge on any atom is 0.219 e. The number of hydrogen-bond donors (Lipinski definition) is 0. The van der Waals surface area contributed by atoms with E-state index in [0.29, 0.717) is 6.04 Å². The predicted molar refractivity (Wildman–Crippen MR) is 103 cm³/mol. The van der Waals surface area contributed by atoms with Crippen molar-refractivity contribution in [2.75, 3.05) is 50.8 Å². The number of amides is 1. The molecule has 0 radical (unpaired) electrons. The summed E-state index contributed by atoms with van der Waals surface area (Å²) in [5.41, 5.74) is 1.35. The fourth-order valence-electron chi connectivity index (χ4n) is 4.88. The van der Waals surface area contributed by atoms with Crippen molar-refractivity contribution < 1.29 is 9.53 Å². The van der Waals surface area contributed by atoms with Crippen molar-refractivity contribution >= 4 is 11.6 Å². The van der Waals surface area contributed by atoms with Gasteiger partial charge in [-0.15, -0.1) is 0 Å². The van der Waals surface area contributed by atoms with Crippen LogP contribution in [0, 0.1) is 0 Å². The zero-order chi connectivity index (χ0) is 18.0. The smallest absolute Gasteiger partial charge is 0.219 e. The van der Waals surface area contributed by atoms with Crippen LogP contribution in [-0.2, 0) is 9.53 Å². The highest BCUT2D eigenvalue weighted by molar-refractivity contribution is 5.73. The number of rotatable bonds is 2. The Morgan fingerprint density at radius 1 is 1.04 bits per heavy atom. The molecule has 5 nitrogen and oxygen atoms in total. The Bertz CT molecular complexity index is 605. The van der Waals surface area contributed by atoms with Crippen LogP contribution in [0.1, 0.15) is 32.6 Å². The topological polar surface area (TPSA) is 36.0 Å². The quantitative estimate of drug-likeness (QED) is 0.814. The van der Waals surface area contributed by atoms with E-state index >= 15 is 0 Å². The van der Waals surface area contributed by atoms with Gasteiger partial charge >= 0.3 is 0 Å². The lowest BCUT2D eigenvalue weighted by Gasteiger charge is -2.49. The number of para-hydroxylation sites is 1. The molecule has 1 amide bonds. The standard InChI is InChI=1S/C21H31N3O2/c1-18(25)22-10-8-21(9-11-22)17-20(7-16-26-21)24-14-12-23(13-15-24)19-5-3-2-4-6-19/h2-6,20H,7-17H2,1H3. The van der Waals surface area contributed by atoms with E-state index in [1.54, 1.807) is 6.92 Å². The molecule has 1 atom stereocenters. The number of piperidine rings is 1. The SMILES string of the molecule is CC(=O)N1CCC2(CC1)CC(N1CCN(c3ccccc3)CC1)CCO2. The molecule has 1 aromatic rings. The predicted octanol–water partition coefficient (Wildman–Crippen LogP) is 2.37. The Labute approximate surface area is 156 Å². The number of carbonyl (C=O) groups is 1. The minimum atomic E-state index is 0.00539. The molecule has 1 spiro atoms. The normalized spacial score (nSPS) is 26.9. The maximum atomic E-state index is 11.6. The Kier molecular flexibility index (Phi) is 5.18. The Hall–Kier alpha value is -1.59. The summed E-state index contributed by atoms with van der Waals surface area (Å²) < 4.78 is 6.27. The molecule has 0 N–H and O–H groups in total. The van der Waals surface area contributed by atoms with Crippen molar-refractivity contribution in [2.45, 2.75) is 44.2 Å². The van der Waals surface area contributed by atoms with E-state index in [2.05, 4.69) is 40.1 Å². The fourth-order valence-corrected chi connectivity index (χ4v) is 4.88. The van der Waals surface area contributed by atoms with Gasteiger partial charge in [0.2, 0.25) is 5.91 Å². The average molecular weight is 357 g/mol. The van der Waals surface area contributed by atoms with Gasteiger partial charge in [-0.2, -0.15) is 0 Å². The van der Waals surface area contributed by atoms with Gasteiger partial charge < -0.3 is 14.5 Å². The largest absolute Gasteiger partial charge is 0.375 e. The van der Waals surface area contributed by atoms with E-state index in [1.807, 2.05) is 4.90 Å². The Morgan fingerprint density at radius 2 is 1.73 bits per heavy atom. The first-order valence-corrected chi connectivity index (χ1v) is 10.1. The number of likely N-dealkylation sites (tertiary alicyclic amines) is 1. The maximum absolute atomic E-state index is 11.6. The molecule has 3 aliphatic rings. The molecule has 26 heavy (non-hydrogen) atoms. The Morgan fingerprint density at radius 3 is 2.38 bits per heavy atom. The molecular formula is C21H31N3O2. The van der Waals surface area contributed by atoms with Gasteiger partial charge in [0.05, 0.1) is 5.60 Å². The average Bonchev–Trinajstić information content (AvgIpc) is 2.69. The van der Waals surface area contributed by atoms with Crippen LogP contribution in [0.3, 0.4) is 0 Å². The lowest BCUT2D eigenvalue weighted by Crippen LogP contribution is -2.57. The second kappa shape index (κ2) is 7.57. The molecule has 0 bridgehead atoms. The van der Waals surface area contributed by atoms with Crippen molar-refractivity contribution in [3.05, 3.63) is 30.3 Å². The molecule has 1 unspecified atom stereocenters. The number of ether oxygens (including phenoxy) is 1. The van der Waals surface area contributed by atoms with Gasteiger partial charge in [-0.1, -0.05) is 18.2 Å². The molecule has 0 aromatic heterocycles. The fraction of sp³-hybridized carbons (Fsp3) is 0.667. The molecular weight excluding hydrogens is 326 g/mol. The van der Waals surface area contributed by atoms with Crippen LogP contribution in [0.4, 0.5) is 5.69 Å². The third kappa shape index (κ3) is 3.74. The van der Waals surface area contributed by atoms with E-state index in [0.717, 1.165) is 71.6 Å². The highest BCUT2D eigenvalue weighted by atomic mass is 16.5. The summed E-state index contributed by atoms with van der Waals surface area (Å²) in [4.78, 5) is 18.7. The zero-order valence-electron chi connectivity index (χ0n) is 15.9. The lowest BCUT2D eigenvalue weighted by atomic mass is 9.81. The van der Waals surface area contributed by atoms with Gasteiger partial charge in [0.25, 0.3) is 0 Å². The highest BCUT2D eigenvalue weighted by Gasteiger charge is 2.42. The van der Waals surface area contributed by atoms with E-state index < -0.39 is 0 Å². The van der Waals surface area contributed by atoms with Gasteiger partial charge in [0, 0.05) is 64.5 Å². The van der Waals surface area contributed by atoms with Crippen LogP contribution in [0.2, 0.25) is 0 Å². The minimum absolute atomic E-state index is 0.00539. The molecule has 3 fully saturated rings. The summed E-state index contributed by atoms with van der Waals surface area (Å²) in [5, 5.41) is 0. The van der Waals surface area contributed by atoms with Gasteiger partial charge in [-0.25, -0.2) is 0 Å². The molecule has 0 saturated carbocycles. The summed E-state index contributed by atoms with van der Waals surface area (Å²) in [6.45, 7) is 8.72. The van der Waals surface area contributed by atoms with E-state index in [1.165, 1.54) is 5.69 Å². The molecule has 5 heteroatoms. The number of carbonyl (C=O) groups excluding carboxylic acids is 1. The van der Waals surface area contributed by atoms with Crippen molar-refractivity contribution in [1.82, 2.24) is 9.80 Å². The summed E-state index contributed by atoms with van der Waals surface area (Å²) in [7, 11) is 0. The minimum Gasteiger partial charge on any atom is -0.375 e. The van der Waals surface area contributed by atoms with Crippen LogP contribution in [0.25, 0.3) is 0 Å². The van der Waals surface area contributed by atoms with E-state index in [9.17, 15) is 4.79 Å². The first-order valence-electron chi connectivity index (χ1n) is 10.1. The van der Waals surface area contributed by atoms with Crippen LogP contribution in [-0.4, -0.2) is 73.2 Å². The third-order valence-electron chi connectivity index (χ3n) is 6.54. The highest BCUT2D eigenvalue weighted by Crippen LogP contribution is 2.37. The Balaban J connectivity index is 1.32. The first-order chi connectivity index (χ1) is 12.7. The van der Waals surface area contributed by atoms with Crippen molar-refractivity contribution in [1.29, 1.82) is 0 Å². The van der Waals surface area contributed by atoms with E-state index in [4.69, 9.17) is 4.74 Å². The lowest BCUT2D eigenvalue weighted by molar-refractivity contribution is -0.147. The number of piperazine rings is 1. The molecule has 0 aliphatic carbocycles.